The highest BCUT2D eigenvalue weighted by atomic mass is 16.6. The zero-order chi connectivity index (χ0) is 6.04. The van der Waals surface area contributed by atoms with E-state index in [1.54, 1.807) is 6.08 Å². The third-order valence-electron chi connectivity index (χ3n) is 0.963. The average Bonchev–Trinajstić information content (AvgIpc) is 2.17. The second-order valence-electron chi connectivity index (χ2n) is 1.66. The maximum absolute atomic E-state index is 9.91. The lowest BCUT2D eigenvalue weighted by molar-refractivity contribution is -0.164. The Balaban J connectivity index is 2.58. The number of ether oxygens (including phenoxy) is 1. The molecule has 1 aliphatic heterocycles. The smallest absolute Gasteiger partial charge is 0.267 e. The van der Waals surface area contributed by atoms with Crippen molar-refractivity contribution in [1.82, 2.24) is 0 Å². The van der Waals surface area contributed by atoms with Crippen molar-refractivity contribution in [2.24, 2.45) is 0 Å². The molecule has 1 unspecified atom stereocenters. The first-order valence-electron chi connectivity index (χ1n) is 2.28. The van der Waals surface area contributed by atoms with Crippen molar-refractivity contribution in [3.8, 4) is 0 Å². The molecule has 0 aromatic rings. The van der Waals surface area contributed by atoms with Crippen molar-refractivity contribution in [2.45, 2.75) is 12.2 Å². The number of hydrogen-bond donors (Lipinski definition) is 1. The SMILES string of the molecule is O=CC1(O)CC=CO1. The number of hydrogen-bond acceptors (Lipinski definition) is 3. The van der Waals surface area contributed by atoms with Gasteiger partial charge < -0.3 is 9.84 Å². The van der Waals surface area contributed by atoms with Crippen LogP contribution in [0.15, 0.2) is 12.3 Å². The average molecular weight is 114 g/mol. The summed E-state index contributed by atoms with van der Waals surface area (Å²) >= 11 is 0. The summed E-state index contributed by atoms with van der Waals surface area (Å²) in [6, 6.07) is 0. The standard InChI is InChI=1S/C5H6O3/c6-4-5(7)2-1-3-8-5/h1,3-4,7H,2H2. The number of rotatable bonds is 1. The number of carbonyl (C=O) groups is 1. The zero-order valence-electron chi connectivity index (χ0n) is 4.20. The molecule has 1 atom stereocenters. The Hall–Kier alpha value is -0.830. The first-order chi connectivity index (χ1) is 3.77. The summed E-state index contributed by atoms with van der Waals surface area (Å²) in [6.07, 6.45) is 3.55. The van der Waals surface area contributed by atoms with Gasteiger partial charge in [-0.05, 0) is 6.08 Å². The topological polar surface area (TPSA) is 46.5 Å². The van der Waals surface area contributed by atoms with Gasteiger partial charge in [-0.1, -0.05) is 0 Å². The van der Waals surface area contributed by atoms with Gasteiger partial charge in [0, 0.05) is 6.42 Å². The zero-order valence-corrected chi connectivity index (χ0v) is 4.20. The molecule has 0 fully saturated rings. The number of aliphatic hydroxyl groups is 1. The van der Waals surface area contributed by atoms with Crippen LogP contribution in [-0.4, -0.2) is 17.2 Å². The molecular formula is C5H6O3. The fourth-order valence-electron chi connectivity index (χ4n) is 0.507. The molecule has 0 saturated heterocycles. The van der Waals surface area contributed by atoms with Gasteiger partial charge in [0.2, 0.25) is 0 Å². The fourth-order valence-corrected chi connectivity index (χ4v) is 0.507. The second kappa shape index (κ2) is 1.59. The van der Waals surface area contributed by atoms with Crippen LogP contribution in [-0.2, 0) is 9.53 Å². The molecule has 3 heteroatoms. The first kappa shape index (κ1) is 5.31. The molecule has 1 N–H and O–H groups in total. The molecule has 8 heavy (non-hydrogen) atoms. The monoisotopic (exact) mass is 114 g/mol. The third kappa shape index (κ3) is 0.721. The van der Waals surface area contributed by atoms with Gasteiger partial charge >= 0.3 is 0 Å². The van der Waals surface area contributed by atoms with Crippen LogP contribution < -0.4 is 0 Å². The number of carbonyl (C=O) groups excluding carboxylic acids is 1. The van der Waals surface area contributed by atoms with Crippen LogP contribution >= 0.6 is 0 Å². The molecule has 0 bridgehead atoms. The lowest BCUT2D eigenvalue weighted by Gasteiger charge is -2.12. The highest BCUT2D eigenvalue weighted by Crippen LogP contribution is 2.16. The van der Waals surface area contributed by atoms with E-state index in [0.29, 0.717) is 6.29 Å². The minimum atomic E-state index is -1.56. The Morgan fingerprint density at radius 2 is 2.62 bits per heavy atom. The van der Waals surface area contributed by atoms with Crippen molar-refractivity contribution >= 4 is 6.29 Å². The number of aldehydes is 1. The van der Waals surface area contributed by atoms with Crippen molar-refractivity contribution in [3.63, 3.8) is 0 Å². The van der Waals surface area contributed by atoms with E-state index in [1.165, 1.54) is 6.26 Å². The van der Waals surface area contributed by atoms with Gasteiger partial charge in [0.05, 0.1) is 6.26 Å². The molecule has 1 heterocycles. The fraction of sp³-hybridized carbons (Fsp3) is 0.400. The first-order valence-corrected chi connectivity index (χ1v) is 2.28. The highest BCUT2D eigenvalue weighted by molar-refractivity contribution is 5.60. The van der Waals surface area contributed by atoms with E-state index in [9.17, 15) is 4.79 Å². The molecule has 0 aromatic heterocycles. The van der Waals surface area contributed by atoms with Crippen molar-refractivity contribution in [3.05, 3.63) is 12.3 Å². The van der Waals surface area contributed by atoms with Gasteiger partial charge in [0.15, 0.2) is 6.29 Å². The molecular weight excluding hydrogens is 108 g/mol. The Morgan fingerprint density at radius 1 is 1.88 bits per heavy atom. The van der Waals surface area contributed by atoms with Crippen LogP contribution in [0.5, 0.6) is 0 Å². The lowest BCUT2D eigenvalue weighted by atomic mass is 10.2. The van der Waals surface area contributed by atoms with Crippen molar-refractivity contribution in [2.75, 3.05) is 0 Å². The van der Waals surface area contributed by atoms with Gasteiger partial charge in [-0.25, -0.2) is 0 Å². The summed E-state index contributed by atoms with van der Waals surface area (Å²) in [5.74, 6) is -1.56. The largest absolute Gasteiger partial charge is 0.463 e. The predicted octanol–water partition coefficient (Wildman–Crippen LogP) is -0.192. The van der Waals surface area contributed by atoms with E-state index in [0.717, 1.165) is 0 Å². The molecule has 44 valence electrons. The van der Waals surface area contributed by atoms with Crippen LogP contribution in [0.2, 0.25) is 0 Å². The maximum Gasteiger partial charge on any atom is 0.267 e. The quantitative estimate of drug-likeness (QED) is 0.480. The summed E-state index contributed by atoms with van der Waals surface area (Å²) in [5.41, 5.74) is 0. The van der Waals surface area contributed by atoms with Crippen LogP contribution in [0.25, 0.3) is 0 Å². The van der Waals surface area contributed by atoms with Gasteiger partial charge in [-0.15, -0.1) is 0 Å². The van der Waals surface area contributed by atoms with Crippen LogP contribution in [0.3, 0.4) is 0 Å². The summed E-state index contributed by atoms with van der Waals surface area (Å²) < 4.78 is 4.50. The molecule has 0 spiro atoms. The van der Waals surface area contributed by atoms with Gasteiger partial charge in [0.25, 0.3) is 5.79 Å². The molecule has 3 nitrogen and oxygen atoms in total. The Labute approximate surface area is 46.6 Å². The Kier molecular flexibility index (Phi) is 1.06. The van der Waals surface area contributed by atoms with E-state index < -0.39 is 5.79 Å². The van der Waals surface area contributed by atoms with Crippen LogP contribution in [0, 0.1) is 0 Å². The van der Waals surface area contributed by atoms with E-state index >= 15 is 0 Å². The minimum absolute atomic E-state index is 0.260. The molecule has 0 saturated carbocycles. The molecule has 0 aliphatic carbocycles. The van der Waals surface area contributed by atoms with Gasteiger partial charge in [0.1, 0.15) is 0 Å². The van der Waals surface area contributed by atoms with E-state index in [2.05, 4.69) is 4.74 Å². The van der Waals surface area contributed by atoms with Crippen LogP contribution in [0.1, 0.15) is 6.42 Å². The second-order valence-corrected chi connectivity index (χ2v) is 1.66. The van der Waals surface area contributed by atoms with E-state index in [1.807, 2.05) is 0 Å². The Morgan fingerprint density at radius 3 is 2.88 bits per heavy atom. The lowest BCUT2D eigenvalue weighted by Crippen LogP contribution is -2.28. The highest BCUT2D eigenvalue weighted by Gasteiger charge is 2.28. The molecule has 1 aliphatic rings. The molecule has 0 radical (unpaired) electrons. The van der Waals surface area contributed by atoms with Gasteiger partial charge in [-0.3, -0.25) is 4.79 Å². The van der Waals surface area contributed by atoms with Crippen LogP contribution in [0.4, 0.5) is 0 Å². The Bertz CT molecular complexity index is 120. The van der Waals surface area contributed by atoms with Gasteiger partial charge in [-0.2, -0.15) is 0 Å². The van der Waals surface area contributed by atoms with Crippen molar-refractivity contribution < 1.29 is 14.6 Å². The molecule has 0 aromatic carbocycles. The summed E-state index contributed by atoms with van der Waals surface area (Å²) in [4.78, 5) is 9.91. The maximum atomic E-state index is 9.91. The molecule has 0 amide bonds. The van der Waals surface area contributed by atoms with E-state index in [-0.39, 0.29) is 6.42 Å². The molecule has 1 rings (SSSR count). The van der Waals surface area contributed by atoms with Crippen molar-refractivity contribution in [1.29, 1.82) is 0 Å². The normalized spacial score (nSPS) is 34.6. The van der Waals surface area contributed by atoms with E-state index in [4.69, 9.17) is 5.11 Å². The predicted molar refractivity (Wildman–Crippen MR) is 25.9 cm³/mol. The summed E-state index contributed by atoms with van der Waals surface area (Å²) in [5, 5.41) is 8.85. The third-order valence-corrected chi connectivity index (χ3v) is 0.963. The summed E-state index contributed by atoms with van der Waals surface area (Å²) in [7, 11) is 0. The summed E-state index contributed by atoms with van der Waals surface area (Å²) in [6.45, 7) is 0. The minimum Gasteiger partial charge on any atom is -0.463 e.